The van der Waals surface area contributed by atoms with E-state index >= 15 is 0 Å². The zero-order chi connectivity index (χ0) is 12.9. The van der Waals surface area contributed by atoms with Gasteiger partial charge >= 0.3 is 0 Å². The normalized spacial score (nSPS) is 22.5. The highest BCUT2D eigenvalue weighted by Crippen LogP contribution is 2.17. The fourth-order valence-electron chi connectivity index (χ4n) is 2.23. The molecule has 0 aromatic heterocycles. The lowest BCUT2D eigenvalue weighted by Crippen LogP contribution is -2.51. The minimum Gasteiger partial charge on any atom is -0.355 e. The van der Waals surface area contributed by atoms with Gasteiger partial charge in [-0.1, -0.05) is 0 Å². The summed E-state index contributed by atoms with van der Waals surface area (Å²) in [4.78, 5) is 14.2. The molecule has 0 aliphatic carbocycles. The molecule has 0 bridgehead atoms. The molecule has 1 heterocycles. The van der Waals surface area contributed by atoms with Crippen LogP contribution in [0.5, 0.6) is 0 Å². The lowest BCUT2D eigenvalue weighted by molar-refractivity contribution is -0.126. The van der Waals surface area contributed by atoms with Gasteiger partial charge in [-0.3, -0.25) is 4.79 Å². The molecule has 1 amide bonds. The first-order chi connectivity index (χ1) is 7.95. The van der Waals surface area contributed by atoms with Crippen LogP contribution in [-0.2, 0) is 4.79 Å². The molecular formula is C13H27N3O. The minimum atomic E-state index is -0.469. The predicted octanol–water partition coefficient (Wildman–Crippen LogP) is 0.833. The number of hydrogen-bond donors (Lipinski definition) is 2. The second kappa shape index (κ2) is 6.36. The summed E-state index contributed by atoms with van der Waals surface area (Å²) in [6, 6.07) is 0. The van der Waals surface area contributed by atoms with Gasteiger partial charge in [0.2, 0.25) is 5.91 Å². The highest BCUT2D eigenvalue weighted by Gasteiger charge is 2.25. The fraction of sp³-hybridized carbons (Fsp3) is 0.923. The Bertz CT molecular complexity index is 253. The van der Waals surface area contributed by atoms with Crippen LogP contribution in [0.4, 0.5) is 0 Å². The van der Waals surface area contributed by atoms with Gasteiger partial charge in [-0.25, -0.2) is 0 Å². The number of amides is 1. The van der Waals surface area contributed by atoms with Crippen molar-refractivity contribution in [3.05, 3.63) is 0 Å². The summed E-state index contributed by atoms with van der Waals surface area (Å²) in [5.41, 5.74) is -0.469. The first-order valence-corrected chi connectivity index (χ1v) is 6.61. The number of hydrogen-bond acceptors (Lipinski definition) is 3. The van der Waals surface area contributed by atoms with Crippen molar-refractivity contribution in [1.82, 2.24) is 15.5 Å². The second-order valence-corrected chi connectivity index (χ2v) is 5.69. The summed E-state index contributed by atoms with van der Waals surface area (Å²) in [6.07, 6.45) is 3.68. The monoisotopic (exact) mass is 241 g/mol. The summed E-state index contributed by atoms with van der Waals surface area (Å²) in [5, 5.41) is 6.03. The minimum absolute atomic E-state index is 0.0872. The number of piperidine rings is 1. The van der Waals surface area contributed by atoms with Gasteiger partial charge in [0.1, 0.15) is 0 Å². The van der Waals surface area contributed by atoms with Gasteiger partial charge in [-0.15, -0.1) is 0 Å². The smallest absolute Gasteiger partial charge is 0.239 e. The van der Waals surface area contributed by atoms with Crippen LogP contribution < -0.4 is 10.6 Å². The summed E-state index contributed by atoms with van der Waals surface area (Å²) in [6.45, 7) is 6.98. The third-order valence-electron chi connectivity index (χ3n) is 3.75. The van der Waals surface area contributed by atoms with Crippen molar-refractivity contribution in [3.63, 3.8) is 0 Å². The number of nitrogens with zero attached hydrogens (tertiary/aromatic N) is 1. The topological polar surface area (TPSA) is 44.4 Å². The van der Waals surface area contributed by atoms with Gasteiger partial charge in [-0.2, -0.15) is 0 Å². The molecular weight excluding hydrogens is 214 g/mol. The van der Waals surface area contributed by atoms with E-state index in [2.05, 4.69) is 22.6 Å². The van der Waals surface area contributed by atoms with Crippen molar-refractivity contribution in [2.24, 2.45) is 5.92 Å². The summed E-state index contributed by atoms with van der Waals surface area (Å²) >= 11 is 0. The molecule has 2 N–H and O–H groups in total. The van der Waals surface area contributed by atoms with E-state index in [0.29, 0.717) is 0 Å². The molecule has 100 valence electrons. The summed E-state index contributed by atoms with van der Waals surface area (Å²) in [7, 11) is 3.99. The molecule has 1 atom stereocenters. The third-order valence-corrected chi connectivity index (χ3v) is 3.75. The highest BCUT2D eigenvalue weighted by molar-refractivity contribution is 5.85. The van der Waals surface area contributed by atoms with Crippen LogP contribution >= 0.6 is 0 Å². The maximum atomic E-state index is 11.8. The average Bonchev–Trinajstić information content (AvgIpc) is 2.29. The van der Waals surface area contributed by atoms with Crippen LogP contribution in [0.2, 0.25) is 0 Å². The number of rotatable bonds is 5. The Kier molecular flexibility index (Phi) is 5.40. The van der Waals surface area contributed by atoms with Gasteiger partial charge in [0.15, 0.2) is 0 Å². The Labute approximate surface area is 105 Å². The Morgan fingerprint density at radius 2 is 2.18 bits per heavy atom. The zero-order valence-corrected chi connectivity index (χ0v) is 11.7. The molecule has 0 saturated carbocycles. The van der Waals surface area contributed by atoms with E-state index in [9.17, 15) is 4.79 Å². The Balaban J connectivity index is 2.21. The zero-order valence-electron chi connectivity index (χ0n) is 11.7. The van der Waals surface area contributed by atoms with Crippen LogP contribution in [0.1, 0.15) is 33.1 Å². The number of carbonyl (C=O) groups excluding carboxylic acids is 1. The van der Waals surface area contributed by atoms with Gasteiger partial charge in [0.25, 0.3) is 0 Å². The van der Waals surface area contributed by atoms with E-state index in [1.54, 1.807) is 0 Å². The maximum Gasteiger partial charge on any atom is 0.239 e. The Morgan fingerprint density at radius 3 is 2.76 bits per heavy atom. The second-order valence-electron chi connectivity index (χ2n) is 5.69. The van der Waals surface area contributed by atoms with E-state index in [0.717, 1.165) is 18.9 Å². The summed E-state index contributed by atoms with van der Waals surface area (Å²) < 4.78 is 0. The third kappa shape index (κ3) is 4.64. The first-order valence-electron chi connectivity index (χ1n) is 6.61. The molecule has 1 aliphatic heterocycles. The molecule has 1 saturated heterocycles. The number of likely N-dealkylation sites (tertiary alicyclic amines) is 1. The van der Waals surface area contributed by atoms with E-state index in [-0.39, 0.29) is 5.91 Å². The number of carbonyl (C=O) groups is 1. The van der Waals surface area contributed by atoms with E-state index < -0.39 is 5.54 Å². The van der Waals surface area contributed by atoms with Gasteiger partial charge in [-0.05, 0) is 59.7 Å². The molecule has 1 fully saturated rings. The van der Waals surface area contributed by atoms with E-state index in [1.807, 2.05) is 20.9 Å². The van der Waals surface area contributed by atoms with Crippen LogP contribution in [0, 0.1) is 5.92 Å². The van der Waals surface area contributed by atoms with Crippen molar-refractivity contribution in [3.8, 4) is 0 Å². The lowest BCUT2D eigenvalue weighted by atomic mass is 9.95. The molecule has 1 aliphatic rings. The molecule has 4 nitrogen and oxygen atoms in total. The maximum absolute atomic E-state index is 11.8. The standard InChI is InChI=1S/C13H27N3O/c1-13(2,14-3)12(17)15-8-7-11-6-5-9-16(4)10-11/h11,14H,5-10H2,1-4H3,(H,15,17). The Morgan fingerprint density at radius 1 is 1.47 bits per heavy atom. The van der Waals surface area contributed by atoms with Crippen LogP contribution in [0.3, 0.4) is 0 Å². The average molecular weight is 241 g/mol. The fourth-order valence-corrected chi connectivity index (χ4v) is 2.23. The van der Waals surface area contributed by atoms with Crippen molar-refractivity contribution in [1.29, 1.82) is 0 Å². The Hall–Kier alpha value is -0.610. The summed E-state index contributed by atoms with van der Waals surface area (Å²) in [5.74, 6) is 0.830. The lowest BCUT2D eigenvalue weighted by Gasteiger charge is -2.30. The molecule has 1 unspecified atom stereocenters. The van der Waals surface area contributed by atoms with Crippen molar-refractivity contribution >= 4 is 5.91 Å². The molecule has 1 rings (SSSR count). The number of likely N-dealkylation sites (N-methyl/N-ethyl adjacent to an activating group) is 1. The quantitative estimate of drug-likeness (QED) is 0.749. The van der Waals surface area contributed by atoms with Gasteiger partial charge in [0, 0.05) is 13.1 Å². The molecule has 17 heavy (non-hydrogen) atoms. The van der Waals surface area contributed by atoms with E-state index in [1.165, 1.54) is 25.9 Å². The highest BCUT2D eigenvalue weighted by atomic mass is 16.2. The molecule has 4 heteroatoms. The van der Waals surface area contributed by atoms with Gasteiger partial charge < -0.3 is 15.5 Å². The molecule has 0 radical (unpaired) electrons. The molecule has 0 aromatic rings. The van der Waals surface area contributed by atoms with Crippen molar-refractivity contribution in [2.75, 3.05) is 33.7 Å². The van der Waals surface area contributed by atoms with Crippen LogP contribution in [-0.4, -0.2) is 50.1 Å². The van der Waals surface area contributed by atoms with Crippen LogP contribution in [0.15, 0.2) is 0 Å². The van der Waals surface area contributed by atoms with Crippen molar-refractivity contribution < 1.29 is 4.79 Å². The molecule has 0 spiro atoms. The largest absolute Gasteiger partial charge is 0.355 e. The van der Waals surface area contributed by atoms with Crippen LogP contribution in [0.25, 0.3) is 0 Å². The molecule has 0 aromatic carbocycles. The van der Waals surface area contributed by atoms with E-state index in [4.69, 9.17) is 0 Å². The predicted molar refractivity (Wildman–Crippen MR) is 71.0 cm³/mol. The SMILES string of the molecule is CNC(C)(C)C(=O)NCCC1CCCN(C)C1. The van der Waals surface area contributed by atoms with Crippen molar-refractivity contribution in [2.45, 2.75) is 38.6 Å². The first kappa shape index (κ1) is 14.5. The number of nitrogens with one attached hydrogen (secondary N) is 2. The van der Waals surface area contributed by atoms with Gasteiger partial charge in [0.05, 0.1) is 5.54 Å².